The number of ether oxygens (including phenoxy) is 1. The van der Waals surface area contributed by atoms with E-state index in [2.05, 4.69) is 10.9 Å². The van der Waals surface area contributed by atoms with Crippen LogP contribution < -0.4 is 20.7 Å². The lowest BCUT2D eigenvalue weighted by atomic mass is 10.2. The molecule has 4 N–H and O–H groups in total. The van der Waals surface area contributed by atoms with Crippen LogP contribution in [0, 0.1) is 5.82 Å². The van der Waals surface area contributed by atoms with Crippen LogP contribution in [0.3, 0.4) is 0 Å². The van der Waals surface area contributed by atoms with Crippen molar-refractivity contribution >= 4 is 33.4 Å². The first-order valence-corrected chi connectivity index (χ1v) is 9.35. The molecule has 0 radical (unpaired) electrons. The lowest BCUT2D eigenvalue weighted by molar-refractivity contribution is -0.128. The third-order valence-electron chi connectivity index (χ3n) is 3.31. The molecule has 0 aliphatic rings. The Hall–Kier alpha value is -2.69. The number of sulfonamides is 1. The highest BCUT2D eigenvalue weighted by Gasteiger charge is 2.19. The average molecular weight is 416 g/mol. The summed E-state index contributed by atoms with van der Waals surface area (Å²) in [5.74, 6) is -2.34. The Morgan fingerprint density at radius 2 is 1.85 bits per heavy atom. The average Bonchev–Trinajstić information content (AvgIpc) is 2.60. The van der Waals surface area contributed by atoms with Crippen LogP contribution >= 0.6 is 11.6 Å². The van der Waals surface area contributed by atoms with Crippen molar-refractivity contribution in [1.29, 1.82) is 0 Å². The van der Waals surface area contributed by atoms with Crippen LogP contribution in [0.2, 0.25) is 5.02 Å². The van der Waals surface area contributed by atoms with Crippen LogP contribution in [-0.2, 0) is 14.8 Å². The van der Waals surface area contributed by atoms with Crippen LogP contribution in [0.25, 0.3) is 0 Å². The van der Waals surface area contributed by atoms with Crippen LogP contribution in [0.5, 0.6) is 5.75 Å². The van der Waals surface area contributed by atoms with Crippen molar-refractivity contribution in [3.63, 3.8) is 0 Å². The minimum atomic E-state index is -4.13. The number of rotatable bonds is 5. The monoisotopic (exact) mass is 415 g/mol. The number of nitrogens with one attached hydrogen (secondary N) is 2. The normalized spacial score (nSPS) is 12.1. The van der Waals surface area contributed by atoms with E-state index in [0.717, 1.165) is 6.07 Å². The Bertz CT molecular complexity index is 984. The number of hydrazine groups is 1. The number of carbonyl (C=O) groups is 2. The van der Waals surface area contributed by atoms with Crippen molar-refractivity contribution in [1.82, 2.24) is 10.9 Å². The number of amides is 2. The molecular weight excluding hydrogens is 401 g/mol. The number of nitrogens with two attached hydrogens (primary N) is 1. The second-order valence-corrected chi connectivity index (χ2v) is 7.26. The van der Waals surface area contributed by atoms with Crippen molar-refractivity contribution in [2.45, 2.75) is 17.9 Å². The summed E-state index contributed by atoms with van der Waals surface area (Å²) in [7, 11) is -4.13. The Labute approximate surface area is 159 Å². The fourth-order valence-corrected chi connectivity index (χ4v) is 3.01. The minimum Gasteiger partial charge on any atom is -0.478 e. The van der Waals surface area contributed by atoms with Crippen molar-refractivity contribution < 1.29 is 27.1 Å². The summed E-state index contributed by atoms with van der Waals surface area (Å²) in [6, 6.07) is 8.92. The van der Waals surface area contributed by atoms with E-state index in [-0.39, 0.29) is 16.3 Å². The van der Waals surface area contributed by atoms with Crippen molar-refractivity contribution in [2.24, 2.45) is 5.14 Å². The molecule has 2 aromatic rings. The standard InChI is InChI=1S/C16H15ClFN3O5S/c1-9(26-13-5-3-2-4-12(13)18)15(22)20-21-16(23)10-6-7-11(17)14(8-10)27(19,24)25/h2-9H,1H3,(H,20,22)(H,21,23)(H2,19,24,25). The molecule has 0 saturated carbocycles. The summed E-state index contributed by atoms with van der Waals surface area (Å²) < 4.78 is 41.6. The number of primary sulfonamides is 1. The Balaban J connectivity index is 2.01. The zero-order chi connectivity index (χ0) is 20.2. The zero-order valence-corrected chi connectivity index (χ0v) is 15.5. The highest BCUT2D eigenvalue weighted by Crippen LogP contribution is 2.21. The zero-order valence-electron chi connectivity index (χ0n) is 13.9. The molecule has 0 saturated heterocycles. The predicted molar refractivity (Wildman–Crippen MR) is 94.9 cm³/mol. The van der Waals surface area contributed by atoms with E-state index >= 15 is 0 Å². The van der Waals surface area contributed by atoms with E-state index in [1.54, 1.807) is 0 Å². The van der Waals surface area contributed by atoms with Gasteiger partial charge < -0.3 is 4.74 Å². The lowest BCUT2D eigenvalue weighted by Gasteiger charge is -2.15. The fourth-order valence-electron chi connectivity index (χ4n) is 1.94. The summed E-state index contributed by atoms with van der Waals surface area (Å²) in [5.41, 5.74) is 4.08. The third-order valence-corrected chi connectivity index (χ3v) is 4.70. The quantitative estimate of drug-likeness (QED) is 0.635. The second-order valence-electron chi connectivity index (χ2n) is 5.32. The van der Waals surface area contributed by atoms with Crippen molar-refractivity contribution in [3.8, 4) is 5.75 Å². The molecule has 2 amide bonds. The Morgan fingerprint density at radius 1 is 1.19 bits per heavy atom. The molecule has 27 heavy (non-hydrogen) atoms. The highest BCUT2D eigenvalue weighted by molar-refractivity contribution is 7.89. The second kappa shape index (κ2) is 8.33. The van der Waals surface area contributed by atoms with Gasteiger partial charge in [-0.2, -0.15) is 0 Å². The summed E-state index contributed by atoms with van der Waals surface area (Å²) in [6.07, 6.45) is -1.12. The van der Waals surface area contributed by atoms with Gasteiger partial charge in [0, 0.05) is 5.56 Å². The number of hydrogen-bond acceptors (Lipinski definition) is 5. The van der Waals surface area contributed by atoms with Gasteiger partial charge in [0.15, 0.2) is 17.7 Å². The first-order valence-electron chi connectivity index (χ1n) is 7.43. The first-order chi connectivity index (χ1) is 12.6. The van der Waals surface area contributed by atoms with Crippen LogP contribution in [-0.4, -0.2) is 26.3 Å². The van der Waals surface area contributed by atoms with Gasteiger partial charge in [-0.25, -0.2) is 17.9 Å². The number of halogens is 2. The summed E-state index contributed by atoms with van der Waals surface area (Å²) in [4.78, 5) is 23.6. The maximum Gasteiger partial charge on any atom is 0.279 e. The topological polar surface area (TPSA) is 128 Å². The smallest absolute Gasteiger partial charge is 0.279 e. The van der Waals surface area contributed by atoms with Gasteiger partial charge in [-0.15, -0.1) is 0 Å². The summed E-state index contributed by atoms with van der Waals surface area (Å²) >= 11 is 5.74. The van der Waals surface area contributed by atoms with Gasteiger partial charge in [-0.05, 0) is 37.3 Å². The number of benzene rings is 2. The molecule has 0 spiro atoms. The van der Waals surface area contributed by atoms with E-state index in [4.69, 9.17) is 21.5 Å². The molecule has 1 unspecified atom stereocenters. The van der Waals surface area contributed by atoms with Crippen LogP contribution in [0.4, 0.5) is 4.39 Å². The first kappa shape index (κ1) is 20.6. The molecule has 0 aromatic heterocycles. The maximum absolute atomic E-state index is 13.5. The molecule has 0 bridgehead atoms. The van der Waals surface area contributed by atoms with Gasteiger partial charge >= 0.3 is 0 Å². The summed E-state index contributed by atoms with van der Waals surface area (Å²) in [6.45, 7) is 1.36. The molecule has 8 nitrogen and oxygen atoms in total. The molecule has 144 valence electrons. The highest BCUT2D eigenvalue weighted by atomic mass is 35.5. The molecule has 2 aromatic carbocycles. The molecule has 1 atom stereocenters. The Kier molecular flexibility index (Phi) is 6.37. The fraction of sp³-hybridized carbons (Fsp3) is 0.125. The molecule has 0 fully saturated rings. The molecule has 0 aliphatic carbocycles. The number of para-hydroxylation sites is 1. The van der Waals surface area contributed by atoms with E-state index in [1.165, 1.54) is 43.3 Å². The van der Waals surface area contributed by atoms with Crippen LogP contribution in [0.1, 0.15) is 17.3 Å². The van der Waals surface area contributed by atoms with Gasteiger partial charge in [0.05, 0.1) is 5.02 Å². The largest absolute Gasteiger partial charge is 0.478 e. The van der Waals surface area contributed by atoms with E-state index in [1.807, 2.05) is 0 Å². The molecule has 11 heteroatoms. The molecule has 2 rings (SSSR count). The lowest BCUT2D eigenvalue weighted by Crippen LogP contribution is -2.47. The SMILES string of the molecule is CC(Oc1ccccc1F)C(=O)NNC(=O)c1ccc(Cl)c(S(N)(=O)=O)c1. The van der Waals surface area contributed by atoms with Gasteiger partial charge in [0.2, 0.25) is 10.0 Å². The molecule has 0 aliphatic heterocycles. The molecular formula is C16H15ClFN3O5S. The van der Waals surface area contributed by atoms with Gasteiger partial charge in [-0.1, -0.05) is 23.7 Å². The van der Waals surface area contributed by atoms with Crippen LogP contribution in [0.15, 0.2) is 47.4 Å². The number of carbonyl (C=O) groups excluding carboxylic acids is 2. The third kappa shape index (κ3) is 5.39. The van der Waals surface area contributed by atoms with E-state index in [9.17, 15) is 22.4 Å². The Morgan fingerprint density at radius 3 is 2.48 bits per heavy atom. The van der Waals surface area contributed by atoms with E-state index in [0.29, 0.717) is 0 Å². The van der Waals surface area contributed by atoms with E-state index < -0.39 is 38.7 Å². The number of hydrogen-bond donors (Lipinski definition) is 3. The van der Waals surface area contributed by atoms with Crippen molar-refractivity contribution in [3.05, 3.63) is 58.9 Å². The van der Waals surface area contributed by atoms with Gasteiger partial charge in [0.25, 0.3) is 11.8 Å². The summed E-state index contributed by atoms with van der Waals surface area (Å²) in [5, 5.41) is 4.87. The maximum atomic E-state index is 13.5. The minimum absolute atomic E-state index is 0.105. The van der Waals surface area contributed by atoms with Crippen molar-refractivity contribution in [2.75, 3.05) is 0 Å². The predicted octanol–water partition coefficient (Wildman–Crippen LogP) is 1.36. The van der Waals surface area contributed by atoms with Gasteiger partial charge in [-0.3, -0.25) is 20.4 Å². The van der Waals surface area contributed by atoms with Gasteiger partial charge in [0.1, 0.15) is 4.90 Å². The molecule has 0 heterocycles.